The minimum Gasteiger partial charge on any atom is -0.447 e. The summed E-state index contributed by atoms with van der Waals surface area (Å²) in [6.07, 6.45) is -2.19. The molecule has 1 saturated heterocycles. The van der Waals surface area contributed by atoms with Crippen LogP contribution < -0.4 is 11.1 Å². The summed E-state index contributed by atoms with van der Waals surface area (Å²) in [7, 11) is -4.88. The minimum absolute atomic E-state index is 0.0714. The maximum absolute atomic E-state index is 11.8. The molecule has 0 spiro atoms. The summed E-state index contributed by atoms with van der Waals surface area (Å²) in [5.41, 5.74) is 5.48. The Morgan fingerprint density at radius 1 is 1.24 bits per heavy atom. The van der Waals surface area contributed by atoms with Gasteiger partial charge in [0.2, 0.25) is 0 Å². The second kappa shape index (κ2) is 7.36. The first-order chi connectivity index (χ1) is 11.7. The zero-order chi connectivity index (χ0) is 18.6. The van der Waals surface area contributed by atoms with E-state index in [1.807, 2.05) is 0 Å². The molecule has 2 atom stereocenters. The molecule has 1 aliphatic rings. The summed E-state index contributed by atoms with van der Waals surface area (Å²) in [6.45, 7) is -0.706. The molecule has 0 unspecified atom stereocenters. The molecule has 0 aliphatic carbocycles. The molecule has 136 valence electrons. The Kier molecular flexibility index (Phi) is 5.44. The lowest BCUT2D eigenvalue weighted by Crippen LogP contribution is -2.73. The van der Waals surface area contributed by atoms with E-state index in [0.29, 0.717) is 5.56 Å². The van der Waals surface area contributed by atoms with E-state index in [1.54, 1.807) is 30.3 Å². The second-order valence-corrected chi connectivity index (χ2v) is 6.28. The summed E-state index contributed by atoms with van der Waals surface area (Å²) >= 11 is 0. The molecular weight excluding hydrogens is 358 g/mol. The maximum atomic E-state index is 11.8. The molecule has 25 heavy (non-hydrogen) atoms. The number of carbonyl (C=O) groups excluding carboxylic acids is 3. The van der Waals surface area contributed by atoms with Crippen LogP contribution in [0.2, 0.25) is 0 Å². The van der Waals surface area contributed by atoms with Crippen LogP contribution in [0.25, 0.3) is 0 Å². The van der Waals surface area contributed by atoms with Crippen LogP contribution in [0.15, 0.2) is 30.3 Å². The molecule has 1 aliphatic heterocycles. The molecule has 2 rings (SSSR count). The fourth-order valence-corrected chi connectivity index (χ4v) is 3.05. The van der Waals surface area contributed by atoms with Gasteiger partial charge in [-0.3, -0.25) is 9.35 Å². The third-order valence-electron chi connectivity index (χ3n) is 3.30. The van der Waals surface area contributed by atoms with Crippen molar-refractivity contribution < 1.29 is 36.8 Å². The fraction of sp³-hybridized carbons (Fsp3) is 0.308. The predicted octanol–water partition coefficient (Wildman–Crippen LogP) is -0.610. The number of primary amides is 1. The maximum Gasteiger partial charge on any atom is 0.408 e. The van der Waals surface area contributed by atoms with Crippen LogP contribution in [-0.4, -0.2) is 54.1 Å². The first-order valence-electron chi connectivity index (χ1n) is 6.90. The lowest BCUT2D eigenvalue weighted by Gasteiger charge is -2.43. The molecule has 4 N–H and O–H groups in total. The zero-order valence-electron chi connectivity index (χ0n) is 12.7. The monoisotopic (exact) mass is 373 g/mol. The van der Waals surface area contributed by atoms with Gasteiger partial charge in [0.05, 0.1) is 0 Å². The lowest BCUT2D eigenvalue weighted by atomic mass is 10.00. The first-order valence-corrected chi connectivity index (χ1v) is 8.30. The summed E-state index contributed by atoms with van der Waals surface area (Å²) in [6, 6.07) is 6.00. The van der Waals surface area contributed by atoms with Gasteiger partial charge in [-0.05, 0) is 5.56 Å². The summed E-state index contributed by atoms with van der Waals surface area (Å²) < 4.78 is 40.8. The zero-order valence-corrected chi connectivity index (χ0v) is 13.5. The average Bonchev–Trinajstić information content (AvgIpc) is 2.53. The quantitative estimate of drug-likeness (QED) is 0.439. The van der Waals surface area contributed by atoms with E-state index < -0.39 is 47.1 Å². The van der Waals surface area contributed by atoms with Crippen LogP contribution in [0.1, 0.15) is 5.56 Å². The van der Waals surface area contributed by atoms with Gasteiger partial charge in [0.1, 0.15) is 25.3 Å². The summed E-state index contributed by atoms with van der Waals surface area (Å²) in [4.78, 5) is 34.2. The Labute approximate surface area is 142 Å². The highest BCUT2D eigenvalue weighted by Gasteiger charge is 2.54. The number of carbonyl (C=O) groups is 3. The van der Waals surface area contributed by atoms with Gasteiger partial charge in [-0.15, -0.1) is 0 Å². The molecular formula is C13H15N3O8S. The number of ether oxygens (including phenoxy) is 2. The van der Waals surface area contributed by atoms with Crippen LogP contribution in [0.5, 0.6) is 0 Å². The smallest absolute Gasteiger partial charge is 0.408 e. The molecule has 11 nitrogen and oxygen atoms in total. The number of nitrogens with one attached hydrogen (secondary N) is 1. The van der Waals surface area contributed by atoms with E-state index >= 15 is 0 Å². The Balaban J connectivity index is 1.97. The third-order valence-corrected chi connectivity index (χ3v) is 4.25. The molecule has 1 aromatic carbocycles. The highest BCUT2D eigenvalue weighted by Crippen LogP contribution is 2.24. The van der Waals surface area contributed by atoms with Crippen molar-refractivity contribution in [3.63, 3.8) is 0 Å². The van der Waals surface area contributed by atoms with Crippen LogP contribution in [-0.2, 0) is 31.2 Å². The van der Waals surface area contributed by atoms with Crippen molar-refractivity contribution in [3.05, 3.63) is 35.9 Å². The topological polar surface area (TPSA) is 165 Å². The molecule has 1 fully saturated rings. The molecule has 0 radical (unpaired) electrons. The molecule has 1 heterocycles. The van der Waals surface area contributed by atoms with E-state index in [9.17, 15) is 22.8 Å². The van der Waals surface area contributed by atoms with Crippen LogP contribution in [0.3, 0.4) is 0 Å². The van der Waals surface area contributed by atoms with Gasteiger partial charge >= 0.3 is 22.5 Å². The standard InChI is InChI=1S/C13H15N3O8S/c14-12(18)23-7-9-10(11(17)16(9)25(20,21)22)15-13(19)24-6-8-4-2-1-3-5-8/h1-5,9-10H,6-7H2,(H2,14,18)(H,15,19)(H,20,21,22)/t9-,10-/m1/s1. The number of rotatable bonds is 6. The minimum atomic E-state index is -4.88. The molecule has 1 aromatic rings. The largest absolute Gasteiger partial charge is 0.447 e. The Hall–Kier alpha value is -2.86. The van der Waals surface area contributed by atoms with E-state index in [0.717, 1.165) is 0 Å². The lowest BCUT2D eigenvalue weighted by molar-refractivity contribution is -0.144. The molecule has 0 saturated carbocycles. The number of alkyl carbamates (subject to hydrolysis) is 1. The highest BCUT2D eigenvalue weighted by molar-refractivity contribution is 7.84. The van der Waals surface area contributed by atoms with Gasteiger partial charge in [0.15, 0.2) is 0 Å². The second-order valence-electron chi connectivity index (χ2n) is 4.99. The van der Waals surface area contributed by atoms with E-state index in [4.69, 9.17) is 15.0 Å². The Morgan fingerprint density at radius 2 is 1.88 bits per heavy atom. The Bertz CT molecular complexity index is 767. The van der Waals surface area contributed by atoms with Gasteiger partial charge < -0.3 is 20.5 Å². The molecule has 0 aromatic heterocycles. The first kappa shape index (κ1) is 18.5. The van der Waals surface area contributed by atoms with Crippen LogP contribution in [0.4, 0.5) is 9.59 Å². The van der Waals surface area contributed by atoms with Gasteiger partial charge in [-0.2, -0.15) is 8.42 Å². The number of β-lactam (4-membered cyclic amide) rings is 1. The average molecular weight is 373 g/mol. The number of nitrogens with two attached hydrogens (primary N) is 1. The van der Waals surface area contributed by atoms with E-state index in [-0.39, 0.29) is 10.9 Å². The van der Waals surface area contributed by atoms with Crippen molar-refractivity contribution in [3.8, 4) is 0 Å². The van der Waals surface area contributed by atoms with Crippen molar-refractivity contribution in [1.29, 1.82) is 0 Å². The molecule has 12 heteroatoms. The van der Waals surface area contributed by atoms with Gasteiger partial charge in [-0.25, -0.2) is 13.9 Å². The number of amides is 3. The van der Waals surface area contributed by atoms with Crippen molar-refractivity contribution >= 4 is 28.4 Å². The SMILES string of the molecule is NC(=O)OC[C@@H]1[C@@H](NC(=O)OCc2ccccc2)C(=O)N1S(=O)(=O)O. The van der Waals surface area contributed by atoms with Crippen LogP contribution in [0, 0.1) is 0 Å². The normalized spacial score (nSPS) is 19.7. The summed E-state index contributed by atoms with van der Waals surface area (Å²) in [5.74, 6) is -1.10. The number of hydrogen-bond donors (Lipinski definition) is 3. The Morgan fingerprint density at radius 3 is 2.44 bits per heavy atom. The number of benzene rings is 1. The molecule has 0 bridgehead atoms. The van der Waals surface area contributed by atoms with Gasteiger partial charge in [-0.1, -0.05) is 30.3 Å². The van der Waals surface area contributed by atoms with Gasteiger partial charge in [0, 0.05) is 0 Å². The van der Waals surface area contributed by atoms with Crippen molar-refractivity contribution in [2.24, 2.45) is 5.73 Å². The highest BCUT2D eigenvalue weighted by atomic mass is 32.2. The van der Waals surface area contributed by atoms with Crippen molar-refractivity contribution in [2.45, 2.75) is 18.7 Å². The molecule has 3 amide bonds. The van der Waals surface area contributed by atoms with E-state index in [1.165, 1.54) is 0 Å². The fourth-order valence-electron chi connectivity index (χ4n) is 2.18. The third kappa shape index (κ3) is 4.58. The van der Waals surface area contributed by atoms with Crippen molar-refractivity contribution in [2.75, 3.05) is 6.61 Å². The van der Waals surface area contributed by atoms with Crippen LogP contribution >= 0.6 is 0 Å². The van der Waals surface area contributed by atoms with Crippen molar-refractivity contribution in [1.82, 2.24) is 9.62 Å². The predicted molar refractivity (Wildman–Crippen MR) is 81.3 cm³/mol. The number of nitrogens with zero attached hydrogens (tertiary/aromatic N) is 1. The summed E-state index contributed by atoms with van der Waals surface area (Å²) in [5, 5.41) is 2.15. The number of hydrogen-bond acceptors (Lipinski definition) is 7. The van der Waals surface area contributed by atoms with E-state index in [2.05, 4.69) is 10.1 Å². The van der Waals surface area contributed by atoms with Gasteiger partial charge in [0.25, 0.3) is 5.91 Å².